The third-order valence-electron chi connectivity index (χ3n) is 4.49. The van der Waals surface area contributed by atoms with Crippen molar-refractivity contribution in [2.45, 2.75) is 32.0 Å². The summed E-state index contributed by atoms with van der Waals surface area (Å²) in [6, 6.07) is 8.36. The van der Waals surface area contributed by atoms with Gasteiger partial charge in [-0.2, -0.15) is 13.2 Å². The summed E-state index contributed by atoms with van der Waals surface area (Å²) in [6.07, 6.45) is -2.32. The Morgan fingerprint density at radius 3 is 2.69 bits per heavy atom. The van der Waals surface area contributed by atoms with E-state index >= 15 is 0 Å². The van der Waals surface area contributed by atoms with Crippen molar-refractivity contribution in [2.24, 2.45) is 0 Å². The molecule has 0 aliphatic carbocycles. The van der Waals surface area contributed by atoms with Gasteiger partial charge in [-0.15, -0.1) is 0 Å². The predicted octanol–water partition coefficient (Wildman–Crippen LogP) is 5.62. The average molecular weight is 423 g/mol. The topological polar surface area (TPSA) is 62.2 Å². The number of amides is 1. The molecule has 4 nitrogen and oxygen atoms in total. The predicted molar refractivity (Wildman–Crippen MR) is 105 cm³/mol. The Morgan fingerprint density at radius 1 is 1.24 bits per heavy atom. The quantitative estimate of drug-likeness (QED) is 0.561. The van der Waals surface area contributed by atoms with Crippen LogP contribution in [-0.2, 0) is 11.0 Å². The number of carbonyl (C=O) groups excluding carboxylic acids is 1. The maximum atomic E-state index is 13.2. The number of nitrogens with zero attached hydrogens (tertiary/aromatic N) is 1. The summed E-state index contributed by atoms with van der Waals surface area (Å²) in [4.78, 5) is 16.4. The lowest BCUT2D eigenvalue weighted by Crippen LogP contribution is -2.29. The molecule has 0 fully saturated rings. The highest BCUT2D eigenvalue weighted by atomic mass is 35.5. The SMILES string of the molecule is CCCC(=O)NC(c1cccc(C(F)(F)F)c1)c1cc(Cl)c2cccnc2c1O. The van der Waals surface area contributed by atoms with Crippen molar-refractivity contribution in [3.8, 4) is 5.75 Å². The molecule has 0 bridgehead atoms. The number of phenols is 1. The fourth-order valence-electron chi connectivity index (χ4n) is 3.12. The number of carbonyl (C=O) groups is 1. The van der Waals surface area contributed by atoms with Crippen LogP contribution >= 0.6 is 11.6 Å². The molecule has 0 radical (unpaired) electrons. The van der Waals surface area contributed by atoms with Crippen molar-refractivity contribution in [1.82, 2.24) is 10.3 Å². The number of aromatic hydroxyl groups is 1. The number of rotatable bonds is 5. The van der Waals surface area contributed by atoms with Gasteiger partial charge in [0.15, 0.2) is 0 Å². The van der Waals surface area contributed by atoms with Gasteiger partial charge in [-0.1, -0.05) is 30.7 Å². The van der Waals surface area contributed by atoms with E-state index in [2.05, 4.69) is 10.3 Å². The van der Waals surface area contributed by atoms with Crippen molar-refractivity contribution < 1.29 is 23.1 Å². The second-order valence-corrected chi connectivity index (χ2v) is 6.98. The van der Waals surface area contributed by atoms with E-state index < -0.39 is 17.8 Å². The van der Waals surface area contributed by atoms with Gasteiger partial charge in [0.1, 0.15) is 11.3 Å². The molecule has 2 aromatic carbocycles. The zero-order chi connectivity index (χ0) is 21.2. The second-order valence-electron chi connectivity index (χ2n) is 6.57. The van der Waals surface area contributed by atoms with Gasteiger partial charge in [0.25, 0.3) is 0 Å². The lowest BCUT2D eigenvalue weighted by atomic mass is 9.94. The van der Waals surface area contributed by atoms with Crippen LogP contribution < -0.4 is 5.32 Å². The van der Waals surface area contributed by atoms with Crippen LogP contribution in [0.25, 0.3) is 10.9 Å². The van der Waals surface area contributed by atoms with E-state index in [4.69, 9.17) is 11.6 Å². The average Bonchev–Trinajstić information content (AvgIpc) is 2.69. The summed E-state index contributed by atoms with van der Waals surface area (Å²) in [5.74, 6) is -0.601. The van der Waals surface area contributed by atoms with E-state index in [1.807, 2.05) is 6.92 Å². The van der Waals surface area contributed by atoms with Crippen molar-refractivity contribution in [3.05, 3.63) is 70.4 Å². The number of halogens is 4. The number of pyridine rings is 1. The highest BCUT2D eigenvalue weighted by Crippen LogP contribution is 2.39. The van der Waals surface area contributed by atoms with Crippen LogP contribution in [0.3, 0.4) is 0 Å². The van der Waals surface area contributed by atoms with Crippen LogP contribution in [0.15, 0.2) is 48.7 Å². The molecule has 0 saturated carbocycles. The molecule has 3 rings (SSSR count). The number of alkyl halides is 3. The van der Waals surface area contributed by atoms with Crippen LogP contribution in [-0.4, -0.2) is 16.0 Å². The minimum absolute atomic E-state index is 0.171. The lowest BCUT2D eigenvalue weighted by molar-refractivity contribution is -0.137. The zero-order valence-electron chi connectivity index (χ0n) is 15.4. The molecule has 152 valence electrons. The highest BCUT2D eigenvalue weighted by Gasteiger charge is 2.32. The standard InChI is InChI=1S/C21H18ClF3N2O2/c1-2-5-17(28)27-18(12-6-3-7-13(10-12)21(23,24)25)15-11-16(22)14-8-4-9-26-19(14)20(15)29/h3-4,6-11,18,29H,2,5H2,1H3,(H,27,28). The van der Waals surface area contributed by atoms with Gasteiger partial charge >= 0.3 is 6.18 Å². The monoisotopic (exact) mass is 422 g/mol. The van der Waals surface area contributed by atoms with Gasteiger partial charge in [-0.25, -0.2) is 0 Å². The molecule has 1 amide bonds. The Balaban J connectivity index is 2.18. The summed E-state index contributed by atoms with van der Waals surface area (Å²) >= 11 is 6.32. The first-order valence-electron chi connectivity index (χ1n) is 8.95. The van der Waals surface area contributed by atoms with E-state index in [0.29, 0.717) is 11.8 Å². The summed E-state index contributed by atoms with van der Waals surface area (Å²) in [5.41, 5.74) is -0.304. The lowest BCUT2D eigenvalue weighted by Gasteiger charge is -2.23. The minimum atomic E-state index is -4.54. The van der Waals surface area contributed by atoms with Gasteiger partial charge < -0.3 is 10.4 Å². The maximum Gasteiger partial charge on any atom is 0.416 e. The number of hydrogen-bond donors (Lipinski definition) is 2. The summed E-state index contributed by atoms with van der Waals surface area (Å²) < 4.78 is 39.6. The second kappa shape index (κ2) is 8.29. The molecule has 3 aromatic rings. The molecule has 0 aliphatic rings. The molecule has 0 aliphatic heterocycles. The molecule has 0 saturated heterocycles. The molecule has 1 heterocycles. The summed E-state index contributed by atoms with van der Waals surface area (Å²) in [5, 5.41) is 14.3. The van der Waals surface area contributed by atoms with Gasteiger partial charge in [0, 0.05) is 23.6 Å². The Kier molecular flexibility index (Phi) is 5.98. The molecule has 2 N–H and O–H groups in total. The fraction of sp³-hybridized carbons (Fsp3) is 0.238. The first-order chi connectivity index (χ1) is 13.7. The normalized spacial score (nSPS) is 12.7. The number of hydrogen-bond acceptors (Lipinski definition) is 3. The number of benzene rings is 2. The van der Waals surface area contributed by atoms with Crippen molar-refractivity contribution in [3.63, 3.8) is 0 Å². The number of aromatic nitrogens is 1. The summed E-state index contributed by atoms with van der Waals surface area (Å²) in [7, 11) is 0. The van der Waals surface area contributed by atoms with E-state index in [0.717, 1.165) is 12.1 Å². The third kappa shape index (κ3) is 4.45. The molecular weight excluding hydrogens is 405 g/mol. The minimum Gasteiger partial charge on any atom is -0.505 e. The van der Waals surface area contributed by atoms with Crippen LogP contribution in [0.2, 0.25) is 5.02 Å². The first-order valence-corrected chi connectivity index (χ1v) is 9.32. The molecule has 29 heavy (non-hydrogen) atoms. The van der Waals surface area contributed by atoms with Crippen LogP contribution in [0.5, 0.6) is 5.75 Å². The van der Waals surface area contributed by atoms with Gasteiger partial charge in [-0.3, -0.25) is 9.78 Å². The molecule has 1 aromatic heterocycles. The number of fused-ring (bicyclic) bond motifs is 1. The smallest absolute Gasteiger partial charge is 0.416 e. The highest BCUT2D eigenvalue weighted by molar-refractivity contribution is 6.35. The third-order valence-corrected chi connectivity index (χ3v) is 4.80. The number of nitrogens with one attached hydrogen (secondary N) is 1. The largest absolute Gasteiger partial charge is 0.505 e. The van der Waals surface area contributed by atoms with Gasteiger partial charge in [0.05, 0.1) is 16.6 Å². The van der Waals surface area contributed by atoms with Crippen molar-refractivity contribution >= 4 is 28.4 Å². The molecule has 0 spiro atoms. The Hall–Kier alpha value is -2.80. The van der Waals surface area contributed by atoms with Crippen LogP contribution in [0, 0.1) is 0 Å². The van der Waals surface area contributed by atoms with Gasteiger partial charge in [-0.05, 0) is 42.3 Å². The van der Waals surface area contributed by atoms with Crippen molar-refractivity contribution in [2.75, 3.05) is 0 Å². The van der Waals surface area contributed by atoms with Crippen LogP contribution in [0.1, 0.15) is 42.5 Å². The van der Waals surface area contributed by atoms with E-state index in [9.17, 15) is 23.1 Å². The van der Waals surface area contributed by atoms with E-state index in [1.54, 1.807) is 12.1 Å². The summed E-state index contributed by atoms with van der Waals surface area (Å²) in [6.45, 7) is 1.81. The molecular formula is C21H18ClF3N2O2. The molecule has 8 heteroatoms. The maximum absolute atomic E-state index is 13.2. The first kappa shape index (κ1) is 20.9. The molecule has 1 atom stereocenters. The molecule has 1 unspecified atom stereocenters. The fourth-order valence-corrected chi connectivity index (χ4v) is 3.39. The van der Waals surface area contributed by atoms with Crippen molar-refractivity contribution in [1.29, 1.82) is 0 Å². The Bertz CT molecular complexity index is 1050. The van der Waals surface area contributed by atoms with E-state index in [1.165, 1.54) is 24.4 Å². The number of phenolic OH excluding ortho intramolecular Hbond substituents is 1. The Labute approximate surface area is 170 Å². The zero-order valence-corrected chi connectivity index (χ0v) is 16.2. The van der Waals surface area contributed by atoms with E-state index in [-0.39, 0.29) is 39.7 Å². The Morgan fingerprint density at radius 2 is 2.00 bits per heavy atom. The van der Waals surface area contributed by atoms with Crippen LogP contribution in [0.4, 0.5) is 13.2 Å². The van der Waals surface area contributed by atoms with Gasteiger partial charge in [0.2, 0.25) is 5.91 Å².